The fourth-order valence-electron chi connectivity index (χ4n) is 3.21. The van der Waals surface area contributed by atoms with Crippen LogP contribution in [0.5, 0.6) is 0 Å². The van der Waals surface area contributed by atoms with Crippen molar-refractivity contribution in [2.24, 2.45) is 0 Å². The van der Waals surface area contributed by atoms with Gasteiger partial charge < -0.3 is 18.9 Å². The number of hydrogen-bond donors (Lipinski definition) is 0. The van der Waals surface area contributed by atoms with Crippen LogP contribution in [0.2, 0.25) is 0 Å². The van der Waals surface area contributed by atoms with E-state index in [1.54, 1.807) is 12.1 Å². The monoisotopic (exact) mass is 340 g/mol. The lowest BCUT2D eigenvalue weighted by molar-refractivity contribution is -0.298. The van der Waals surface area contributed by atoms with Crippen LogP contribution in [0, 0.1) is 0 Å². The van der Waals surface area contributed by atoms with Crippen LogP contribution in [0.4, 0.5) is 0 Å². The fourth-order valence-corrected chi connectivity index (χ4v) is 3.21. The van der Waals surface area contributed by atoms with Crippen LogP contribution in [-0.4, -0.2) is 37.5 Å². The number of carbonyl (C=O) groups is 1. The van der Waals surface area contributed by atoms with Gasteiger partial charge in [0.25, 0.3) is 0 Å². The van der Waals surface area contributed by atoms with E-state index in [1.165, 1.54) is 0 Å². The molecule has 0 aromatic heterocycles. The Morgan fingerprint density at radius 1 is 0.960 bits per heavy atom. The number of ether oxygens (including phenoxy) is 4. The molecule has 5 heteroatoms. The molecule has 0 saturated carbocycles. The molecule has 2 fully saturated rings. The number of hydrogen-bond acceptors (Lipinski definition) is 5. The third-order valence-corrected chi connectivity index (χ3v) is 4.50. The lowest BCUT2D eigenvalue weighted by atomic mass is 10.0. The van der Waals surface area contributed by atoms with Crippen molar-refractivity contribution < 1.29 is 23.7 Å². The van der Waals surface area contributed by atoms with E-state index in [9.17, 15) is 4.79 Å². The number of carbonyl (C=O) groups excluding carboxylic acids is 1. The van der Waals surface area contributed by atoms with Gasteiger partial charge in [-0.25, -0.2) is 4.79 Å². The summed E-state index contributed by atoms with van der Waals surface area (Å²) in [6.07, 6.45) is -0.757. The van der Waals surface area contributed by atoms with E-state index >= 15 is 0 Å². The minimum Gasteiger partial charge on any atom is -0.456 e. The maximum absolute atomic E-state index is 12.4. The van der Waals surface area contributed by atoms with Crippen molar-refractivity contribution in [3.8, 4) is 0 Å². The van der Waals surface area contributed by atoms with E-state index in [0.717, 1.165) is 5.56 Å². The van der Waals surface area contributed by atoms with E-state index in [-0.39, 0.29) is 24.3 Å². The Morgan fingerprint density at radius 3 is 2.44 bits per heavy atom. The molecular formula is C20H20O5. The lowest BCUT2D eigenvalue weighted by Crippen LogP contribution is -2.53. The third-order valence-electron chi connectivity index (χ3n) is 4.50. The first-order valence-corrected chi connectivity index (χ1v) is 8.51. The number of benzene rings is 2. The molecule has 0 radical (unpaired) electrons. The van der Waals surface area contributed by atoms with Gasteiger partial charge in [0.15, 0.2) is 6.29 Å². The van der Waals surface area contributed by atoms with Gasteiger partial charge in [-0.3, -0.25) is 0 Å². The fraction of sp³-hybridized carbons (Fsp3) is 0.350. The molecular weight excluding hydrogens is 320 g/mol. The summed E-state index contributed by atoms with van der Waals surface area (Å²) >= 11 is 0. The van der Waals surface area contributed by atoms with Gasteiger partial charge in [0.05, 0.1) is 18.8 Å². The largest absolute Gasteiger partial charge is 0.456 e. The SMILES string of the molecule is O=C(O[C@@H]1CCO[C@@H]2CO[C@@H](c3ccccc3)O[C@H]21)c1ccccc1. The summed E-state index contributed by atoms with van der Waals surface area (Å²) in [5.41, 5.74) is 1.48. The summed E-state index contributed by atoms with van der Waals surface area (Å²) in [6.45, 7) is 0.945. The normalized spacial score (nSPS) is 28.8. The molecule has 0 amide bonds. The van der Waals surface area contributed by atoms with E-state index < -0.39 is 6.29 Å². The molecule has 2 aliphatic heterocycles. The van der Waals surface area contributed by atoms with Gasteiger partial charge in [0.2, 0.25) is 0 Å². The van der Waals surface area contributed by atoms with Gasteiger partial charge in [0.1, 0.15) is 18.3 Å². The standard InChI is InChI=1S/C20H20O5/c21-19(14-7-3-1-4-8-14)24-16-11-12-22-17-13-23-20(25-18(16)17)15-9-5-2-6-10-15/h1-10,16-18,20H,11-13H2/t16-,17-,18+,20-/m1/s1. The molecule has 4 atom stereocenters. The molecule has 2 aliphatic rings. The van der Waals surface area contributed by atoms with Crippen molar-refractivity contribution in [3.05, 3.63) is 71.8 Å². The number of esters is 1. The van der Waals surface area contributed by atoms with E-state index in [2.05, 4.69) is 0 Å². The van der Waals surface area contributed by atoms with Crippen molar-refractivity contribution >= 4 is 5.97 Å². The van der Waals surface area contributed by atoms with Crippen LogP contribution in [-0.2, 0) is 18.9 Å². The second-order valence-electron chi connectivity index (χ2n) is 6.18. The molecule has 4 rings (SSSR count). The van der Waals surface area contributed by atoms with E-state index in [1.807, 2.05) is 48.5 Å². The topological polar surface area (TPSA) is 54.0 Å². The first-order valence-electron chi connectivity index (χ1n) is 8.51. The Bertz CT molecular complexity index is 703. The van der Waals surface area contributed by atoms with Crippen LogP contribution < -0.4 is 0 Å². The molecule has 2 aromatic rings. The van der Waals surface area contributed by atoms with Crippen molar-refractivity contribution in [1.82, 2.24) is 0 Å². The molecule has 2 saturated heterocycles. The molecule has 130 valence electrons. The first kappa shape index (κ1) is 16.3. The second-order valence-corrected chi connectivity index (χ2v) is 6.18. The molecule has 2 heterocycles. The summed E-state index contributed by atoms with van der Waals surface area (Å²) in [7, 11) is 0. The number of rotatable bonds is 3. The van der Waals surface area contributed by atoms with Gasteiger partial charge >= 0.3 is 5.97 Å². The second kappa shape index (κ2) is 7.35. The Balaban J connectivity index is 1.48. The van der Waals surface area contributed by atoms with Gasteiger partial charge in [0, 0.05) is 12.0 Å². The Labute approximate surface area is 146 Å². The Morgan fingerprint density at radius 2 is 1.68 bits per heavy atom. The maximum Gasteiger partial charge on any atom is 0.338 e. The Kier molecular flexibility index (Phi) is 4.78. The van der Waals surface area contributed by atoms with Gasteiger partial charge in [-0.2, -0.15) is 0 Å². The first-order chi connectivity index (χ1) is 12.3. The zero-order valence-corrected chi connectivity index (χ0v) is 13.7. The summed E-state index contributed by atoms with van der Waals surface area (Å²) in [4.78, 5) is 12.4. The lowest BCUT2D eigenvalue weighted by Gasteiger charge is -2.42. The molecule has 0 spiro atoms. The van der Waals surface area contributed by atoms with Crippen LogP contribution in [0.15, 0.2) is 60.7 Å². The highest BCUT2D eigenvalue weighted by Gasteiger charge is 2.43. The summed E-state index contributed by atoms with van der Waals surface area (Å²) < 4.78 is 23.4. The minimum absolute atomic E-state index is 0.220. The van der Waals surface area contributed by atoms with Crippen LogP contribution >= 0.6 is 0 Å². The van der Waals surface area contributed by atoms with Crippen molar-refractivity contribution in [1.29, 1.82) is 0 Å². The molecule has 0 N–H and O–H groups in total. The number of fused-ring (bicyclic) bond motifs is 1. The van der Waals surface area contributed by atoms with E-state index in [4.69, 9.17) is 18.9 Å². The zero-order valence-electron chi connectivity index (χ0n) is 13.7. The van der Waals surface area contributed by atoms with Gasteiger partial charge in [-0.05, 0) is 12.1 Å². The molecule has 0 aliphatic carbocycles. The van der Waals surface area contributed by atoms with Crippen molar-refractivity contribution in [2.75, 3.05) is 13.2 Å². The Hall–Kier alpha value is -2.21. The smallest absolute Gasteiger partial charge is 0.338 e. The van der Waals surface area contributed by atoms with Crippen molar-refractivity contribution in [3.63, 3.8) is 0 Å². The molecule has 0 unspecified atom stereocenters. The average Bonchev–Trinajstić information content (AvgIpc) is 2.69. The summed E-state index contributed by atoms with van der Waals surface area (Å²) in [5, 5.41) is 0. The van der Waals surface area contributed by atoms with E-state index in [0.29, 0.717) is 25.2 Å². The summed E-state index contributed by atoms with van der Waals surface area (Å²) in [6, 6.07) is 18.7. The molecule has 2 aromatic carbocycles. The average molecular weight is 340 g/mol. The third kappa shape index (κ3) is 3.58. The van der Waals surface area contributed by atoms with Gasteiger partial charge in [-0.15, -0.1) is 0 Å². The highest BCUT2D eigenvalue weighted by molar-refractivity contribution is 5.89. The van der Waals surface area contributed by atoms with Crippen LogP contribution in [0.25, 0.3) is 0 Å². The molecule has 0 bridgehead atoms. The minimum atomic E-state index is -0.470. The van der Waals surface area contributed by atoms with Crippen molar-refractivity contribution in [2.45, 2.75) is 31.0 Å². The van der Waals surface area contributed by atoms with Crippen LogP contribution in [0.1, 0.15) is 28.6 Å². The molecule has 25 heavy (non-hydrogen) atoms. The molecule has 5 nitrogen and oxygen atoms in total. The summed E-state index contributed by atoms with van der Waals surface area (Å²) in [5.74, 6) is -0.336. The predicted octanol–water partition coefficient (Wildman–Crippen LogP) is 3.12. The van der Waals surface area contributed by atoms with Crippen LogP contribution in [0.3, 0.4) is 0 Å². The maximum atomic E-state index is 12.4. The van der Waals surface area contributed by atoms with Gasteiger partial charge in [-0.1, -0.05) is 48.5 Å². The zero-order chi connectivity index (χ0) is 17.1. The predicted molar refractivity (Wildman–Crippen MR) is 90.0 cm³/mol. The highest BCUT2D eigenvalue weighted by Crippen LogP contribution is 2.33. The quantitative estimate of drug-likeness (QED) is 0.804. The highest BCUT2D eigenvalue weighted by atomic mass is 16.7.